The second kappa shape index (κ2) is 9.61. The van der Waals surface area contributed by atoms with E-state index in [1.54, 1.807) is 0 Å². The highest BCUT2D eigenvalue weighted by atomic mass is 31.2. The van der Waals surface area contributed by atoms with E-state index in [0.29, 0.717) is 11.8 Å². The molecule has 5 heteroatoms. The maximum atomic E-state index is 2.82. The van der Waals surface area contributed by atoms with Crippen LogP contribution >= 0.6 is 8.37 Å². The molecular formula is C21H37N4P. The lowest BCUT2D eigenvalue weighted by atomic mass is 10.2. The van der Waals surface area contributed by atoms with Gasteiger partial charge in [-0.2, -0.15) is 0 Å². The summed E-state index contributed by atoms with van der Waals surface area (Å²) in [6, 6.07) is 11.1. The summed E-state index contributed by atoms with van der Waals surface area (Å²) in [5, 5.41) is 0. The Kier molecular flexibility index (Phi) is 7.48. The third kappa shape index (κ3) is 5.50. The normalized spacial score (nSPS) is 26.2. The molecule has 146 valence electrons. The third-order valence-corrected chi connectivity index (χ3v) is 7.73. The SMILES string of the molecule is CC(C)CN1CCN2CCN(Cc3ccccc3)P1N(CC(C)C)CC2. The van der Waals surface area contributed by atoms with E-state index in [-0.39, 0.29) is 8.37 Å². The van der Waals surface area contributed by atoms with E-state index in [0.717, 1.165) is 6.54 Å². The summed E-state index contributed by atoms with van der Waals surface area (Å²) in [5.74, 6) is 1.43. The highest BCUT2D eigenvalue weighted by Gasteiger charge is 2.36. The van der Waals surface area contributed by atoms with Crippen LogP contribution in [0.4, 0.5) is 0 Å². The Hall–Kier alpha value is -0.510. The van der Waals surface area contributed by atoms with Crippen molar-refractivity contribution in [1.82, 2.24) is 18.9 Å². The summed E-state index contributed by atoms with van der Waals surface area (Å²) < 4.78 is 8.42. The van der Waals surface area contributed by atoms with Crippen molar-refractivity contribution >= 4 is 8.37 Å². The van der Waals surface area contributed by atoms with Gasteiger partial charge in [0.15, 0.2) is 0 Å². The molecule has 0 spiro atoms. The Labute approximate surface area is 162 Å². The van der Waals surface area contributed by atoms with Gasteiger partial charge < -0.3 is 0 Å². The molecule has 2 bridgehead atoms. The maximum absolute atomic E-state index is 2.82. The van der Waals surface area contributed by atoms with E-state index in [2.05, 4.69) is 76.9 Å². The number of rotatable bonds is 6. The van der Waals surface area contributed by atoms with Gasteiger partial charge in [-0.1, -0.05) is 58.0 Å². The van der Waals surface area contributed by atoms with E-state index < -0.39 is 0 Å². The Balaban J connectivity index is 1.88. The van der Waals surface area contributed by atoms with Gasteiger partial charge >= 0.3 is 0 Å². The largest absolute Gasteiger partial charge is 0.299 e. The standard InChI is InChI=1S/C21H37N4P/c1-19(2)16-23-13-10-22-11-14-24(17-20(3)4)26(23)25(15-12-22)18-21-8-6-5-7-9-21/h5-9,19-20H,10-18H2,1-4H3. The van der Waals surface area contributed by atoms with Crippen LogP contribution in [0.2, 0.25) is 0 Å². The molecule has 0 N–H and O–H groups in total. The van der Waals surface area contributed by atoms with Crippen molar-refractivity contribution < 1.29 is 0 Å². The highest BCUT2D eigenvalue weighted by Crippen LogP contribution is 2.50. The number of nitrogens with zero attached hydrogens (tertiary/aromatic N) is 4. The average molecular weight is 377 g/mol. The molecule has 0 aromatic heterocycles. The lowest BCUT2D eigenvalue weighted by Crippen LogP contribution is -2.53. The fourth-order valence-electron chi connectivity index (χ4n) is 4.02. The van der Waals surface area contributed by atoms with Crippen LogP contribution in [-0.2, 0) is 6.54 Å². The van der Waals surface area contributed by atoms with Crippen molar-refractivity contribution in [1.29, 1.82) is 0 Å². The van der Waals surface area contributed by atoms with Crippen LogP contribution < -0.4 is 0 Å². The van der Waals surface area contributed by atoms with Gasteiger partial charge in [-0.3, -0.25) is 18.9 Å². The van der Waals surface area contributed by atoms with E-state index in [4.69, 9.17) is 0 Å². The molecule has 4 nitrogen and oxygen atoms in total. The van der Waals surface area contributed by atoms with Gasteiger partial charge in [-0.05, 0) is 17.4 Å². The van der Waals surface area contributed by atoms with Crippen molar-refractivity contribution in [2.75, 3.05) is 52.4 Å². The molecule has 0 atom stereocenters. The molecule has 3 fully saturated rings. The smallest absolute Gasteiger partial charge is 0.120 e. The summed E-state index contributed by atoms with van der Waals surface area (Å²) in [7, 11) is -0.383. The second-order valence-corrected chi connectivity index (χ2v) is 10.8. The summed E-state index contributed by atoms with van der Waals surface area (Å²) in [6.07, 6.45) is 0. The molecule has 0 unspecified atom stereocenters. The van der Waals surface area contributed by atoms with E-state index in [1.807, 2.05) is 0 Å². The molecule has 26 heavy (non-hydrogen) atoms. The molecule has 3 heterocycles. The fourth-order valence-corrected chi connectivity index (χ4v) is 7.13. The first kappa shape index (κ1) is 20.2. The van der Waals surface area contributed by atoms with Crippen molar-refractivity contribution in [3.05, 3.63) is 35.9 Å². The molecule has 4 rings (SSSR count). The number of hydrogen-bond acceptors (Lipinski definition) is 4. The maximum Gasteiger partial charge on any atom is 0.120 e. The molecular weight excluding hydrogens is 339 g/mol. The van der Waals surface area contributed by atoms with Gasteiger partial charge in [0.05, 0.1) is 0 Å². The zero-order valence-corrected chi connectivity index (χ0v) is 18.0. The van der Waals surface area contributed by atoms with E-state index in [1.165, 1.54) is 57.9 Å². The molecule has 1 aromatic carbocycles. The van der Waals surface area contributed by atoms with Crippen molar-refractivity contribution in [3.63, 3.8) is 0 Å². The average Bonchev–Trinajstić information content (AvgIpc) is 2.56. The zero-order valence-electron chi connectivity index (χ0n) is 17.1. The Morgan fingerprint density at radius 1 is 0.731 bits per heavy atom. The minimum Gasteiger partial charge on any atom is -0.299 e. The topological polar surface area (TPSA) is 13.0 Å². The fraction of sp³-hybridized carbons (Fsp3) is 0.714. The van der Waals surface area contributed by atoms with Crippen LogP contribution in [0.3, 0.4) is 0 Å². The Morgan fingerprint density at radius 3 is 1.73 bits per heavy atom. The third-order valence-electron chi connectivity index (χ3n) is 5.14. The van der Waals surface area contributed by atoms with Crippen LogP contribution in [0.25, 0.3) is 0 Å². The van der Waals surface area contributed by atoms with Crippen LogP contribution in [-0.4, -0.2) is 71.3 Å². The predicted molar refractivity (Wildman–Crippen MR) is 113 cm³/mol. The monoisotopic (exact) mass is 376 g/mol. The highest BCUT2D eigenvalue weighted by molar-refractivity contribution is 7.50. The predicted octanol–water partition coefficient (Wildman–Crippen LogP) is 3.96. The lowest BCUT2D eigenvalue weighted by Gasteiger charge is -2.51. The molecule has 0 saturated carbocycles. The van der Waals surface area contributed by atoms with E-state index >= 15 is 0 Å². The first-order valence-corrected chi connectivity index (χ1v) is 11.5. The van der Waals surface area contributed by atoms with Gasteiger partial charge in [0.2, 0.25) is 0 Å². The number of hydrogen-bond donors (Lipinski definition) is 0. The molecule has 3 aliphatic heterocycles. The second-order valence-electron chi connectivity index (χ2n) is 8.60. The Bertz CT molecular complexity index is 514. The van der Waals surface area contributed by atoms with Gasteiger partial charge in [0.1, 0.15) is 8.37 Å². The van der Waals surface area contributed by atoms with Gasteiger partial charge in [0.25, 0.3) is 0 Å². The number of benzene rings is 1. The summed E-state index contributed by atoms with van der Waals surface area (Å²) in [5.41, 5.74) is 1.45. The van der Waals surface area contributed by atoms with Gasteiger partial charge in [-0.25, -0.2) is 0 Å². The summed E-state index contributed by atoms with van der Waals surface area (Å²) in [6.45, 7) is 20.2. The first-order valence-electron chi connectivity index (χ1n) is 10.3. The molecule has 1 aromatic rings. The molecule has 3 saturated heterocycles. The van der Waals surface area contributed by atoms with Gasteiger partial charge in [-0.15, -0.1) is 0 Å². The number of fused-ring (bicyclic) bond motifs is 6. The van der Waals surface area contributed by atoms with Crippen LogP contribution in [0, 0.1) is 11.8 Å². The molecule has 0 amide bonds. The minimum absolute atomic E-state index is 0.383. The molecule has 0 aliphatic carbocycles. The van der Waals surface area contributed by atoms with Crippen LogP contribution in [0.5, 0.6) is 0 Å². The van der Waals surface area contributed by atoms with E-state index in [9.17, 15) is 0 Å². The molecule has 3 aliphatic rings. The first-order chi connectivity index (χ1) is 12.5. The lowest BCUT2D eigenvalue weighted by molar-refractivity contribution is 0.154. The quantitative estimate of drug-likeness (QED) is 0.697. The summed E-state index contributed by atoms with van der Waals surface area (Å²) in [4.78, 5) is 2.68. The van der Waals surface area contributed by atoms with Crippen molar-refractivity contribution in [3.8, 4) is 0 Å². The molecule has 0 radical (unpaired) electrons. The van der Waals surface area contributed by atoms with Crippen molar-refractivity contribution in [2.24, 2.45) is 11.8 Å². The van der Waals surface area contributed by atoms with Crippen LogP contribution in [0.15, 0.2) is 30.3 Å². The summed E-state index contributed by atoms with van der Waals surface area (Å²) >= 11 is 0. The Morgan fingerprint density at radius 2 is 1.23 bits per heavy atom. The van der Waals surface area contributed by atoms with Crippen molar-refractivity contribution in [2.45, 2.75) is 34.2 Å². The van der Waals surface area contributed by atoms with Gasteiger partial charge in [0, 0.05) is 58.9 Å². The van der Waals surface area contributed by atoms with Crippen LogP contribution in [0.1, 0.15) is 33.3 Å². The minimum atomic E-state index is -0.383. The zero-order chi connectivity index (χ0) is 18.5.